The van der Waals surface area contributed by atoms with Crippen LogP contribution in [0.15, 0.2) is 24.3 Å². The Kier molecular flexibility index (Phi) is 5.49. The first-order valence-electron chi connectivity index (χ1n) is 8.01. The van der Waals surface area contributed by atoms with Gasteiger partial charge in [0, 0.05) is 25.1 Å². The first-order chi connectivity index (χ1) is 10.4. The van der Waals surface area contributed by atoms with Crippen molar-refractivity contribution in [2.24, 2.45) is 5.92 Å². The normalized spacial score (nSPS) is 21.6. The minimum absolute atomic E-state index is 0.571. The van der Waals surface area contributed by atoms with E-state index < -0.39 is 0 Å². The Bertz CT molecular complexity index is 428. The minimum Gasteiger partial charge on any atom is -0.491 e. The second kappa shape index (κ2) is 7.78. The van der Waals surface area contributed by atoms with Crippen molar-refractivity contribution in [3.63, 3.8) is 0 Å². The van der Waals surface area contributed by atoms with Crippen LogP contribution in [0.25, 0.3) is 0 Å². The molecule has 0 bridgehead atoms. The Balaban J connectivity index is 1.31. The number of ether oxygens (including phenoxy) is 3. The largest absolute Gasteiger partial charge is 0.491 e. The first kappa shape index (κ1) is 14.8. The number of benzene rings is 1. The fraction of sp³-hybridized carbons (Fsp3) is 0.647. The quantitative estimate of drug-likeness (QED) is 0.709. The molecule has 4 heteroatoms. The van der Waals surface area contributed by atoms with Crippen LogP contribution < -0.4 is 10.1 Å². The molecule has 1 unspecified atom stereocenters. The fourth-order valence-electron chi connectivity index (χ4n) is 2.48. The molecule has 1 aromatic rings. The van der Waals surface area contributed by atoms with E-state index in [-0.39, 0.29) is 0 Å². The van der Waals surface area contributed by atoms with Crippen LogP contribution in [0.5, 0.6) is 5.75 Å². The molecule has 1 aliphatic carbocycles. The maximum absolute atomic E-state index is 5.75. The topological polar surface area (TPSA) is 39.7 Å². The van der Waals surface area contributed by atoms with Crippen molar-refractivity contribution in [1.82, 2.24) is 5.32 Å². The van der Waals surface area contributed by atoms with Crippen LogP contribution in [0, 0.1) is 5.92 Å². The van der Waals surface area contributed by atoms with E-state index in [0.717, 1.165) is 44.6 Å². The van der Waals surface area contributed by atoms with E-state index >= 15 is 0 Å². The van der Waals surface area contributed by atoms with Crippen LogP contribution in [0.1, 0.15) is 24.8 Å². The van der Waals surface area contributed by atoms with Crippen molar-refractivity contribution < 1.29 is 14.2 Å². The lowest BCUT2D eigenvalue weighted by Gasteiger charge is -2.11. The summed E-state index contributed by atoms with van der Waals surface area (Å²) in [5.74, 6) is 1.50. The Morgan fingerprint density at radius 2 is 2.14 bits per heavy atom. The van der Waals surface area contributed by atoms with Gasteiger partial charge in [0.25, 0.3) is 0 Å². The standard InChI is InChI=1S/C17H25NO3/c1-2-14(11-18-16-4-5-16)10-17(3-1)21-9-8-20-13-15-6-7-19-12-15/h1-3,10,15-16,18H,4-9,11-13H2. The predicted molar refractivity (Wildman–Crippen MR) is 81.5 cm³/mol. The fourth-order valence-corrected chi connectivity index (χ4v) is 2.48. The summed E-state index contributed by atoms with van der Waals surface area (Å²) in [5.41, 5.74) is 1.28. The van der Waals surface area contributed by atoms with Gasteiger partial charge in [0.1, 0.15) is 12.4 Å². The van der Waals surface area contributed by atoms with Crippen molar-refractivity contribution in [2.75, 3.05) is 33.0 Å². The number of hydrogen-bond donors (Lipinski definition) is 1. The molecule has 0 amide bonds. The van der Waals surface area contributed by atoms with E-state index in [2.05, 4.69) is 23.5 Å². The summed E-state index contributed by atoms with van der Waals surface area (Å²) in [6, 6.07) is 9.04. The third kappa shape index (κ3) is 5.30. The highest BCUT2D eigenvalue weighted by Crippen LogP contribution is 2.20. The maximum Gasteiger partial charge on any atom is 0.119 e. The van der Waals surface area contributed by atoms with Crippen LogP contribution in [-0.2, 0) is 16.0 Å². The monoisotopic (exact) mass is 291 g/mol. The van der Waals surface area contributed by atoms with Crippen LogP contribution in [0.3, 0.4) is 0 Å². The second-order valence-corrected chi connectivity index (χ2v) is 5.96. The molecule has 1 saturated heterocycles. The van der Waals surface area contributed by atoms with E-state index in [1.807, 2.05) is 6.07 Å². The molecule has 0 radical (unpaired) electrons. The second-order valence-electron chi connectivity index (χ2n) is 5.96. The van der Waals surface area contributed by atoms with Crippen molar-refractivity contribution in [3.8, 4) is 5.75 Å². The highest BCUT2D eigenvalue weighted by Gasteiger charge is 2.19. The Labute approximate surface area is 126 Å². The third-order valence-corrected chi connectivity index (χ3v) is 3.94. The Morgan fingerprint density at radius 1 is 1.19 bits per heavy atom. The Morgan fingerprint density at radius 3 is 2.95 bits per heavy atom. The van der Waals surface area contributed by atoms with Gasteiger partial charge in [0.15, 0.2) is 0 Å². The van der Waals surface area contributed by atoms with Crippen LogP contribution >= 0.6 is 0 Å². The average molecular weight is 291 g/mol. The van der Waals surface area contributed by atoms with Gasteiger partial charge in [0.2, 0.25) is 0 Å². The molecule has 3 rings (SSSR count). The molecule has 1 heterocycles. The maximum atomic E-state index is 5.75. The van der Waals surface area contributed by atoms with Gasteiger partial charge in [-0.05, 0) is 37.0 Å². The molecule has 1 atom stereocenters. The molecule has 21 heavy (non-hydrogen) atoms. The zero-order chi connectivity index (χ0) is 14.3. The van der Waals surface area contributed by atoms with Gasteiger partial charge >= 0.3 is 0 Å². The van der Waals surface area contributed by atoms with E-state index in [4.69, 9.17) is 14.2 Å². The summed E-state index contributed by atoms with van der Waals surface area (Å²) in [7, 11) is 0. The molecule has 1 aliphatic heterocycles. The molecule has 1 saturated carbocycles. The van der Waals surface area contributed by atoms with Gasteiger partial charge < -0.3 is 19.5 Å². The zero-order valence-electron chi connectivity index (χ0n) is 12.6. The van der Waals surface area contributed by atoms with Gasteiger partial charge in [-0.1, -0.05) is 12.1 Å². The molecule has 0 aromatic heterocycles. The average Bonchev–Trinajstić information content (AvgIpc) is 3.20. The molecule has 1 aromatic carbocycles. The summed E-state index contributed by atoms with van der Waals surface area (Å²) in [6.45, 7) is 4.69. The summed E-state index contributed by atoms with van der Waals surface area (Å²) in [5, 5.41) is 3.52. The molecular weight excluding hydrogens is 266 g/mol. The summed E-state index contributed by atoms with van der Waals surface area (Å²) in [4.78, 5) is 0. The number of rotatable bonds is 9. The van der Waals surface area contributed by atoms with Gasteiger partial charge in [-0.2, -0.15) is 0 Å². The van der Waals surface area contributed by atoms with E-state index in [1.54, 1.807) is 0 Å². The lowest BCUT2D eigenvalue weighted by molar-refractivity contribution is 0.0684. The lowest BCUT2D eigenvalue weighted by atomic mass is 10.1. The van der Waals surface area contributed by atoms with Crippen molar-refractivity contribution in [2.45, 2.75) is 31.8 Å². The van der Waals surface area contributed by atoms with Crippen LogP contribution in [-0.4, -0.2) is 39.1 Å². The SMILES string of the molecule is c1cc(CNC2CC2)cc(OCCOCC2CCOC2)c1. The van der Waals surface area contributed by atoms with Crippen molar-refractivity contribution >= 4 is 0 Å². The molecular formula is C17H25NO3. The molecule has 116 valence electrons. The van der Waals surface area contributed by atoms with Gasteiger partial charge in [-0.15, -0.1) is 0 Å². The Hall–Kier alpha value is -1.10. The minimum atomic E-state index is 0.571. The smallest absolute Gasteiger partial charge is 0.119 e. The number of nitrogens with one attached hydrogen (secondary N) is 1. The van der Waals surface area contributed by atoms with Gasteiger partial charge in [-0.25, -0.2) is 0 Å². The van der Waals surface area contributed by atoms with E-state index in [0.29, 0.717) is 19.1 Å². The van der Waals surface area contributed by atoms with Gasteiger partial charge in [0.05, 0.1) is 19.8 Å². The molecule has 2 aliphatic rings. The highest BCUT2D eigenvalue weighted by atomic mass is 16.5. The van der Waals surface area contributed by atoms with Crippen molar-refractivity contribution in [1.29, 1.82) is 0 Å². The van der Waals surface area contributed by atoms with Crippen LogP contribution in [0.4, 0.5) is 0 Å². The molecule has 1 N–H and O–H groups in total. The summed E-state index contributed by atoms with van der Waals surface area (Å²) < 4.78 is 16.7. The predicted octanol–water partition coefficient (Wildman–Crippen LogP) is 2.37. The zero-order valence-corrected chi connectivity index (χ0v) is 12.6. The number of hydrogen-bond acceptors (Lipinski definition) is 4. The van der Waals surface area contributed by atoms with E-state index in [1.165, 1.54) is 18.4 Å². The molecule has 2 fully saturated rings. The van der Waals surface area contributed by atoms with Gasteiger partial charge in [-0.3, -0.25) is 0 Å². The molecule has 0 spiro atoms. The molecule has 4 nitrogen and oxygen atoms in total. The highest BCUT2D eigenvalue weighted by molar-refractivity contribution is 5.28. The summed E-state index contributed by atoms with van der Waals surface area (Å²) >= 11 is 0. The van der Waals surface area contributed by atoms with E-state index in [9.17, 15) is 0 Å². The van der Waals surface area contributed by atoms with Crippen molar-refractivity contribution in [3.05, 3.63) is 29.8 Å². The first-order valence-corrected chi connectivity index (χ1v) is 8.01. The third-order valence-electron chi connectivity index (χ3n) is 3.94. The van der Waals surface area contributed by atoms with Crippen LogP contribution in [0.2, 0.25) is 0 Å². The summed E-state index contributed by atoms with van der Waals surface area (Å²) in [6.07, 6.45) is 3.76. The lowest BCUT2D eigenvalue weighted by Crippen LogP contribution is -2.15.